The summed E-state index contributed by atoms with van der Waals surface area (Å²) >= 11 is 0. The van der Waals surface area contributed by atoms with E-state index in [4.69, 9.17) is 4.74 Å². The van der Waals surface area contributed by atoms with E-state index in [1.54, 1.807) is 4.90 Å². The van der Waals surface area contributed by atoms with E-state index < -0.39 is 0 Å². The molecule has 0 fully saturated rings. The fourth-order valence-electron chi connectivity index (χ4n) is 3.07. The first kappa shape index (κ1) is 17.2. The van der Waals surface area contributed by atoms with Gasteiger partial charge in [0.1, 0.15) is 0 Å². The molecular formula is C21H23NO3. The van der Waals surface area contributed by atoms with E-state index in [-0.39, 0.29) is 24.9 Å². The van der Waals surface area contributed by atoms with E-state index in [0.29, 0.717) is 13.1 Å². The van der Waals surface area contributed by atoms with Gasteiger partial charge in [0.05, 0.1) is 6.42 Å². The summed E-state index contributed by atoms with van der Waals surface area (Å²) in [7, 11) is 0. The lowest BCUT2D eigenvalue weighted by atomic mass is 10.00. The Morgan fingerprint density at radius 3 is 2.56 bits per heavy atom. The second-order valence-corrected chi connectivity index (χ2v) is 6.59. The van der Waals surface area contributed by atoms with Gasteiger partial charge in [-0.3, -0.25) is 9.59 Å². The van der Waals surface area contributed by atoms with Gasteiger partial charge in [0, 0.05) is 13.1 Å². The lowest BCUT2D eigenvalue weighted by Gasteiger charge is -2.28. The third-order valence-corrected chi connectivity index (χ3v) is 4.76. The van der Waals surface area contributed by atoms with Crippen LogP contribution in [0.15, 0.2) is 42.5 Å². The van der Waals surface area contributed by atoms with Gasteiger partial charge in [0.15, 0.2) is 6.61 Å². The van der Waals surface area contributed by atoms with Crippen LogP contribution in [0.5, 0.6) is 0 Å². The summed E-state index contributed by atoms with van der Waals surface area (Å²) in [6, 6.07) is 14.0. The van der Waals surface area contributed by atoms with Crippen molar-refractivity contribution < 1.29 is 14.3 Å². The van der Waals surface area contributed by atoms with Crippen molar-refractivity contribution in [2.24, 2.45) is 0 Å². The van der Waals surface area contributed by atoms with Crippen molar-refractivity contribution in [2.45, 2.75) is 33.2 Å². The number of hydrogen-bond donors (Lipinski definition) is 0. The number of fused-ring (bicyclic) bond motifs is 1. The first-order valence-corrected chi connectivity index (χ1v) is 8.59. The standard InChI is InChI=1S/C21H23NO3/c1-15-7-8-17(11-16(15)2)12-21(24)25-14-20(23)22-10-9-18-5-3-4-6-19(18)13-22/h3-8,11H,9-10,12-14H2,1-2H3. The molecule has 3 rings (SSSR count). The molecule has 25 heavy (non-hydrogen) atoms. The summed E-state index contributed by atoms with van der Waals surface area (Å²) < 4.78 is 5.19. The Kier molecular flexibility index (Phi) is 5.17. The highest BCUT2D eigenvalue weighted by molar-refractivity contribution is 5.81. The molecule has 4 nitrogen and oxygen atoms in total. The van der Waals surface area contributed by atoms with Crippen LogP contribution in [0, 0.1) is 13.8 Å². The highest BCUT2D eigenvalue weighted by Gasteiger charge is 2.21. The quantitative estimate of drug-likeness (QED) is 0.806. The molecule has 0 N–H and O–H groups in total. The highest BCUT2D eigenvalue weighted by atomic mass is 16.5. The fourth-order valence-corrected chi connectivity index (χ4v) is 3.07. The lowest BCUT2D eigenvalue weighted by molar-refractivity contribution is -0.151. The first-order valence-electron chi connectivity index (χ1n) is 8.59. The van der Waals surface area contributed by atoms with E-state index in [0.717, 1.165) is 17.5 Å². The average Bonchev–Trinajstić information content (AvgIpc) is 2.62. The largest absolute Gasteiger partial charge is 0.455 e. The molecule has 1 aliphatic rings. The number of esters is 1. The normalized spacial score (nSPS) is 13.3. The molecule has 1 aliphatic heterocycles. The SMILES string of the molecule is Cc1ccc(CC(=O)OCC(=O)N2CCc3ccccc3C2)cc1C. The average molecular weight is 337 g/mol. The van der Waals surface area contributed by atoms with Gasteiger partial charge in [-0.25, -0.2) is 0 Å². The van der Waals surface area contributed by atoms with Gasteiger partial charge in [0.2, 0.25) is 0 Å². The maximum Gasteiger partial charge on any atom is 0.310 e. The van der Waals surface area contributed by atoms with Crippen molar-refractivity contribution in [2.75, 3.05) is 13.2 Å². The number of amides is 1. The molecule has 0 saturated carbocycles. The van der Waals surface area contributed by atoms with Crippen molar-refractivity contribution in [3.63, 3.8) is 0 Å². The molecule has 0 saturated heterocycles. The Balaban J connectivity index is 1.50. The minimum absolute atomic E-state index is 0.136. The molecule has 0 bridgehead atoms. The third kappa shape index (κ3) is 4.27. The van der Waals surface area contributed by atoms with Crippen LogP contribution < -0.4 is 0 Å². The summed E-state index contributed by atoms with van der Waals surface area (Å²) in [5.41, 5.74) is 5.71. The Labute approximate surface area is 148 Å². The Bertz CT molecular complexity index is 797. The summed E-state index contributed by atoms with van der Waals surface area (Å²) in [6.45, 7) is 5.12. The number of rotatable bonds is 4. The molecule has 2 aromatic rings. The summed E-state index contributed by atoms with van der Waals surface area (Å²) in [4.78, 5) is 26.1. The van der Waals surface area contributed by atoms with Crippen LogP contribution in [0.1, 0.15) is 27.8 Å². The molecular weight excluding hydrogens is 314 g/mol. The molecule has 1 amide bonds. The van der Waals surface area contributed by atoms with Crippen molar-refractivity contribution in [1.82, 2.24) is 4.90 Å². The molecule has 0 unspecified atom stereocenters. The summed E-state index contributed by atoms with van der Waals surface area (Å²) in [5, 5.41) is 0. The van der Waals surface area contributed by atoms with Crippen molar-refractivity contribution >= 4 is 11.9 Å². The zero-order valence-corrected chi connectivity index (χ0v) is 14.7. The van der Waals surface area contributed by atoms with E-state index in [9.17, 15) is 9.59 Å². The maximum atomic E-state index is 12.3. The van der Waals surface area contributed by atoms with E-state index in [1.807, 2.05) is 50.2 Å². The number of carbonyl (C=O) groups is 2. The molecule has 1 heterocycles. The lowest BCUT2D eigenvalue weighted by Crippen LogP contribution is -2.38. The van der Waals surface area contributed by atoms with Crippen molar-refractivity contribution in [3.05, 3.63) is 70.3 Å². The minimum atomic E-state index is -0.367. The van der Waals surface area contributed by atoms with E-state index in [1.165, 1.54) is 16.7 Å². The molecule has 0 aliphatic carbocycles. The maximum absolute atomic E-state index is 12.3. The molecule has 0 spiro atoms. The second-order valence-electron chi connectivity index (χ2n) is 6.59. The van der Waals surface area contributed by atoms with Crippen molar-refractivity contribution in [1.29, 1.82) is 0 Å². The fraction of sp³-hybridized carbons (Fsp3) is 0.333. The first-order chi connectivity index (χ1) is 12.0. The Morgan fingerprint density at radius 2 is 1.80 bits per heavy atom. The zero-order chi connectivity index (χ0) is 17.8. The number of ether oxygens (including phenoxy) is 1. The van der Waals surface area contributed by atoms with Crippen LogP contribution in [-0.4, -0.2) is 29.9 Å². The van der Waals surface area contributed by atoms with Crippen LogP contribution in [0.3, 0.4) is 0 Å². The van der Waals surface area contributed by atoms with Crippen LogP contribution >= 0.6 is 0 Å². The topological polar surface area (TPSA) is 46.6 Å². The highest BCUT2D eigenvalue weighted by Crippen LogP contribution is 2.18. The van der Waals surface area contributed by atoms with E-state index in [2.05, 4.69) is 6.07 Å². The molecule has 0 radical (unpaired) electrons. The van der Waals surface area contributed by atoms with Crippen LogP contribution in [0.25, 0.3) is 0 Å². The predicted octanol–water partition coefficient (Wildman–Crippen LogP) is 2.97. The molecule has 0 aromatic heterocycles. The minimum Gasteiger partial charge on any atom is -0.455 e. The van der Waals surface area contributed by atoms with E-state index >= 15 is 0 Å². The van der Waals surface area contributed by atoms with Crippen LogP contribution in [0.2, 0.25) is 0 Å². The summed E-state index contributed by atoms with van der Waals surface area (Å²) in [5.74, 6) is -0.503. The predicted molar refractivity (Wildman–Crippen MR) is 96.1 cm³/mol. The van der Waals surface area contributed by atoms with Gasteiger partial charge >= 0.3 is 5.97 Å². The number of carbonyl (C=O) groups excluding carboxylic acids is 2. The number of nitrogens with zero attached hydrogens (tertiary/aromatic N) is 1. The van der Waals surface area contributed by atoms with Gasteiger partial charge in [-0.2, -0.15) is 0 Å². The Morgan fingerprint density at radius 1 is 1.04 bits per heavy atom. The van der Waals surface area contributed by atoms with Gasteiger partial charge < -0.3 is 9.64 Å². The molecule has 2 aromatic carbocycles. The number of aryl methyl sites for hydroxylation is 2. The van der Waals surface area contributed by atoms with Crippen molar-refractivity contribution in [3.8, 4) is 0 Å². The Hall–Kier alpha value is -2.62. The van der Waals surface area contributed by atoms with Crippen LogP contribution in [0.4, 0.5) is 0 Å². The monoisotopic (exact) mass is 337 g/mol. The molecule has 0 atom stereocenters. The molecule has 4 heteroatoms. The van der Waals surface area contributed by atoms with Crippen LogP contribution in [-0.2, 0) is 33.7 Å². The third-order valence-electron chi connectivity index (χ3n) is 4.76. The number of hydrogen-bond acceptors (Lipinski definition) is 3. The summed E-state index contributed by atoms with van der Waals surface area (Å²) in [6.07, 6.45) is 1.04. The van der Waals surface area contributed by atoms with Gasteiger partial charge in [-0.15, -0.1) is 0 Å². The smallest absolute Gasteiger partial charge is 0.310 e. The molecule has 130 valence electrons. The zero-order valence-electron chi connectivity index (χ0n) is 14.7. The van der Waals surface area contributed by atoms with Gasteiger partial charge in [0.25, 0.3) is 5.91 Å². The second kappa shape index (κ2) is 7.51. The van der Waals surface area contributed by atoms with Gasteiger partial charge in [-0.05, 0) is 48.1 Å². The number of benzene rings is 2. The van der Waals surface area contributed by atoms with Gasteiger partial charge in [-0.1, -0.05) is 42.5 Å².